The summed E-state index contributed by atoms with van der Waals surface area (Å²) in [5.74, 6) is 0.771. The summed E-state index contributed by atoms with van der Waals surface area (Å²) >= 11 is 4.36. The molecule has 0 saturated carbocycles. The first-order chi connectivity index (χ1) is 11.6. The number of fused-ring (bicyclic) bond motifs is 1. The summed E-state index contributed by atoms with van der Waals surface area (Å²) < 4.78 is 0. The normalized spacial score (nSPS) is 12.3. The molecule has 1 heterocycles. The number of rotatable bonds is 3. The van der Waals surface area contributed by atoms with Gasteiger partial charge in [0, 0.05) is 10.5 Å². The van der Waals surface area contributed by atoms with Crippen LogP contribution in [-0.2, 0) is 11.8 Å². The molecule has 1 N–H and O–H groups in total. The highest BCUT2D eigenvalue weighted by Gasteiger charge is 2.23. The molecule has 2 aromatic carbocycles. The van der Waals surface area contributed by atoms with Crippen LogP contribution in [0.25, 0.3) is 16.7 Å². The lowest BCUT2D eigenvalue weighted by Crippen LogP contribution is -2.14. The van der Waals surface area contributed by atoms with Crippen LogP contribution in [0.4, 0.5) is 0 Å². The molecule has 0 aliphatic carbocycles. The standard InChI is InChI=1S/C20H25N3OS/c1-12(2)8-13-9-15(20(3,4)5)19(24)18(10-13)23-21-16-7-6-14(25)11-17(16)22-23/h6-7,9-12,24-25H,8H2,1-5H3. The van der Waals surface area contributed by atoms with E-state index in [1.807, 2.05) is 24.3 Å². The molecule has 0 saturated heterocycles. The number of nitrogens with zero attached hydrogens (tertiary/aromatic N) is 3. The van der Waals surface area contributed by atoms with Crippen molar-refractivity contribution in [1.82, 2.24) is 15.0 Å². The van der Waals surface area contributed by atoms with E-state index in [-0.39, 0.29) is 11.2 Å². The average molecular weight is 356 g/mol. The van der Waals surface area contributed by atoms with Crippen LogP contribution in [-0.4, -0.2) is 20.1 Å². The van der Waals surface area contributed by atoms with Crippen molar-refractivity contribution < 1.29 is 5.11 Å². The van der Waals surface area contributed by atoms with Crippen LogP contribution in [0, 0.1) is 5.92 Å². The number of aromatic nitrogens is 3. The molecule has 5 heteroatoms. The fourth-order valence-corrected chi connectivity index (χ4v) is 3.20. The fraction of sp³-hybridized carbons (Fsp3) is 0.400. The van der Waals surface area contributed by atoms with E-state index in [2.05, 4.69) is 63.5 Å². The third-order valence-corrected chi connectivity index (χ3v) is 4.46. The number of thiol groups is 1. The Hall–Kier alpha value is -2.01. The van der Waals surface area contributed by atoms with Crippen molar-refractivity contribution in [2.24, 2.45) is 5.92 Å². The Morgan fingerprint density at radius 2 is 1.76 bits per heavy atom. The zero-order valence-electron chi connectivity index (χ0n) is 15.4. The molecule has 0 spiro atoms. The van der Waals surface area contributed by atoms with Crippen LogP contribution in [0.5, 0.6) is 5.75 Å². The summed E-state index contributed by atoms with van der Waals surface area (Å²) in [5, 5.41) is 20.0. The summed E-state index contributed by atoms with van der Waals surface area (Å²) in [6, 6.07) is 9.75. The van der Waals surface area contributed by atoms with Crippen LogP contribution in [0.2, 0.25) is 0 Å². The van der Waals surface area contributed by atoms with Crippen molar-refractivity contribution in [2.45, 2.75) is 51.3 Å². The van der Waals surface area contributed by atoms with Gasteiger partial charge in [-0.05, 0) is 47.6 Å². The monoisotopic (exact) mass is 355 g/mol. The molecule has 0 fully saturated rings. The molecule has 0 bridgehead atoms. The minimum Gasteiger partial charge on any atom is -0.505 e. The second kappa shape index (κ2) is 6.37. The van der Waals surface area contributed by atoms with Crippen LogP contribution in [0.3, 0.4) is 0 Å². The quantitative estimate of drug-likeness (QED) is 0.656. The number of phenols is 1. The first kappa shape index (κ1) is 17.8. The lowest BCUT2D eigenvalue weighted by Gasteiger charge is -2.23. The van der Waals surface area contributed by atoms with E-state index in [0.29, 0.717) is 11.6 Å². The van der Waals surface area contributed by atoms with Gasteiger partial charge in [-0.1, -0.05) is 40.7 Å². The molecule has 0 amide bonds. The van der Waals surface area contributed by atoms with Crippen LogP contribution in [0.15, 0.2) is 35.2 Å². The Morgan fingerprint density at radius 3 is 2.40 bits per heavy atom. The van der Waals surface area contributed by atoms with Gasteiger partial charge in [0.1, 0.15) is 22.5 Å². The highest BCUT2D eigenvalue weighted by atomic mass is 32.1. The topological polar surface area (TPSA) is 50.9 Å². The molecule has 0 unspecified atom stereocenters. The Balaban J connectivity index is 2.21. The van der Waals surface area contributed by atoms with E-state index in [0.717, 1.165) is 27.9 Å². The molecule has 132 valence electrons. The summed E-state index contributed by atoms with van der Waals surface area (Å²) in [7, 11) is 0. The minimum absolute atomic E-state index is 0.170. The molecule has 0 atom stereocenters. The van der Waals surface area contributed by atoms with Gasteiger partial charge in [-0.25, -0.2) is 0 Å². The molecule has 0 aliphatic rings. The van der Waals surface area contributed by atoms with Gasteiger partial charge in [-0.2, -0.15) is 0 Å². The van der Waals surface area contributed by atoms with Crippen LogP contribution >= 0.6 is 12.6 Å². The zero-order chi connectivity index (χ0) is 18.4. The van der Waals surface area contributed by atoms with Crippen molar-refractivity contribution in [3.63, 3.8) is 0 Å². The van der Waals surface area contributed by atoms with Crippen molar-refractivity contribution >= 4 is 23.7 Å². The maximum absolute atomic E-state index is 10.9. The Bertz CT molecular complexity index is 923. The number of benzene rings is 2. The predicted molar refractivity (Wildman–Crippen MR) is 105 cm³/mol. The Morgan fingerprint density at radius 1 is 1.08 bits per heavy atom. The van der Waals surface area contributed by atoms with Crippen molar-refractivity contribution in [3.05, 3.63) is 41.5 Å². The molecule has 4 nitrogen and oxygen atoms in total. The second-order valence-electron chi connectivity index (χ2n) is 8.02. The smallest absolute Gasteiger partial charge is 0.146 e. The number of hydrogen-bond donors (Lipinski definition) is 2. The maximum atomic E-state index is 10.9. The first-order valence-electron chi connectivity index (χ1n) is 8.58. The first-order valence-corrected chi connectivity index (χ1v) is 9.02. The van der Waals surface area contributed by atoms with E-state index < -0.39 is 0 Å². The zero-order valence-corrected chi connectivity index (χ0v) is 16.3. The molecule has 0 radical (unpaired) electrons. The van der Waals surface area contributed by atoms with Crippen molar-refractivity contribution in [3.8, 4) is 11.4 Å². The van der Waals surface area contributed by atoms with Crippen molar-refractivity contribution in [2.75, 3.05) is 0 Å². The molecular formula is C20H25N3OS. The van der Waals surface area contributed by atoms with Gasteiger partial charge >= 0.3 is 0 Å². The van der Waals surface area contributed by atoms with E-state index in [1.165, 1.54) is 10.4 Å². The predicted octanol–water partition coefficient (Wildman–Crippen LogP) is 4.91. The fourth-order valence-electron chi connectivity index (χ4n) is 3.00. The lowest BCUT2D eigenvalue weighted by molar-refractivity contribution is 0.439. The van der Waals surface area contributed by atoms with E-state index in [4.69, 9.17) is 0 Å². The van der Waals surface area contributed by atoms with Crippen LogP contribution < -0.4 is 0 Å². The summed E-state index contributed by atoms with van der Waals surface area (Å²) in [6.07, 6.45) is 0.942. The number of phenolic OH excluding ortho intramolecular Hbond substituents is 1. The Kier molecular flexibility index (Phi) is 4.54. The third-order valence-electron chi connectivity index (χ3n) is 4.18. The number of aromatic hydroxyl groups is 1. The van der Waals surface area contributed by atoms with E-state index in [1.54, 1.807) is 0 Å². The Labute approximate surface area is 154 Å². The van der Waals surface area contributed by atoms with Gasteiger partial charge in [0.15, 0.2) is 0 Å². The highest BCUT2D eigenvalue weighted by molar-refractivity contribution is 7.80. The molecule has 1 aromatic heterocycles. The average Bonchev–Trinajstić information content (AvgIpc) is 2.89. The molecule has 3 aromatic rings. The summed E-state index contributed by atoms with van der Waals surface area (Å²) in [5.41, 5.74) is 4.10. The summed E-state index contributed by atoms with van der Waals surface area (Å²) in [4.78, 5) is 2.37. The van der Waals surface area contributed by atoms with E-state index >= 15 is 0 Å². The van der Waals surface area contributed by atoms with Gasteiger partial charge in [-0.15, -0.1) is 27.6 Å². The SMILES string of the molecule is CC(C)Cc1cc(-n2nc3ccc(S)cc3n2)c(O)c(C(C)(C)C)c1. The van der Waals surface area contributed by atoms with Gasteiger partial charge in [0.2, 0.25) is 0 Å². The number of hydrogen-bond acceptors (Lipinski definition) is 4. The minimum atomic E-state index is -0.170. The lowest BCUT2D eigenvalue weighted by atomic mass is 9.84. The second-order valence-corrected chi connectivity index (χ2v) is 8.54. The van der Waals surface area contributed by atoms with Gasteiger partial charge in [0.05, 0.1) is 0 Å². The molecule has 3 rings (SSSR count). The van der Waals surface area contributed by atoms with Gasteiger partial charge in [-0.3, -0.25) is 0 Å². The largest absolute Gasteiger partial charge is 0.505 e. The van der Waals surface area contributed by atoms with Gasteiger partial charge < -0.3 is 5.11 Å². The summed E-state index contributed by atoms with van der Waals surface area (Å²) in [6.45, 7) is 10.7. The van der Waals surface area contributed by atoms with Gasteiger partial charge in [0.25, 0.3) is 0 Å². The molecule has 0 aliphatic heterocycles. The van der Waals surface area contributed by atoms with E-state index in [9.17, 15) is 5.11 Å². The highest BCUT2D eigenvalue weighted by Crippen LogP contribution is 2.36. The van der Waals surface area contributed by atoms with Crippen LogP contribution in [0.1, 0.15) is 45.7 Å². The molecule has 25 heavy (non-hydrogen) atoms. The maximum Gasteiger partial charge on any atom is 0.146 e. The molecular weight excluding hydrogens is 330 g/mol. The third kappa shape index (κ3) is 3.66. The van der Waals surface area contributed by atoms with Crippen molar-refractivity contribution in [1.29, 1.82) is 0 Å².